The third kappa shape index (κ3) is 3.75. The van der Waals surface area contributed by atoms with Crippen LogP contribution in [-0.2, 0) is 4.79 Å². The summed E-state index contributed by atoms with van der Waals surface area (Å²) < 4.78 is 0. The molecule has 0 heterocycles. The molecule has 0 fully saturated rings. The Labute approximate surface area is 123 Å². The highest BCUT2D eigenvalue weighted by Gasteiger charge is 2.08. The van der Waals surface area contributed by atoms with E-state index in [0.717, 1.165) is 16.0 Å². The van der Waals surface area contributed by atoms with E-state index in [4.69, 9.17) is 5.73 Å². The Balaban J connectivity index is 2.24. The lowest BCUT2D eigenvalue weighted by Gasteiger charge is -2.05. The molecule has 0 radical (unpaired) electrons. The van der Waals surface area contributed by atoms with Crippen molar-refractivity contribution in [3.05, 3.63) is 70.6 Å². The summed E-state index contributed by atoms with van der Waals surface area (Å²) in [4.78, 5) is 12.7. The predicted octanol–water partition coefficient (Wildman–Crippen LogP) is 3.92. The Morgan fingerprint density at radius 3 is 1.95 bits per heavy atom. The van der Waals surface area contributed by atoms with Crippen LogP contribution in [0.1, 0.15) is 16.7 Å². The van der Waals surface area contributed by atoms with Crippen molar-refractivity contribution in [2.75, 3.05) is 0 Å². The first kappa shape index (κ1) is 14.4. The van der Waals surface area contributed by atoms with E-state index in [9.17, 15) is 4.79 Å². The van der Waals surface area contributed by atoms with E-state index in [2.05, 4.69) is 0 Å². The number of amides is 1. The number of hydrogen-bond acceptors (Lipinski definition) is 2. The van der Waals surface area contributed by atoms with Gasteiger partial charge in [-0.2, -0.15) is 0 Å². The molecule has 0 aliphatic rings. The van der Waals surface area contributed by atoms with Gasteiger partial charge in [0.15, 0.2) is 0 Å². The molecule has 0 aliphatic carbocycles. The van der Waals surface area contributed by atoms with Gasteiger partial charge in [0.05, 0.1) is 5.57 Å². The van der Waals surface area contributed by atoms with Crippen LogP contribution in [0.25, 0.3) is 5.57 Å². The number of benzene rings is 2. The first-order valence-electron chi connectivity index (χ1n) is 6.36. The Hall–Kier alpha value is -2.00. The van der Waals surface area contributed by atoms with Crippen LogP contribution in [0.5, 0.6) is 0 Å². The Morgan fingerprint density at radius 2 is 1.45 bits per heavy atom. The zero-order valence-electron chi connectivity index (χ0n) is 11.6. The fourth-order valence-electron chi connectivity index (χ4n) is 1.75. The molecule has 3 heteroatoms. The molecule has 0 saturated heterocycles. The molecule has 0 unspecified atom stereocenters. The van der Waals surface area contributed by atoms with Crippen molar-refractivity contribution >= 4 is 23.2 Å². The molecule has 0 saturated carbocycles. The largest absolute Gasteiger partial charge is 0.366 e. The zero-order chi connectivity index (χ0) is 14.5. The molecule has 2 aromatic rings. The third-order valence-electron chi connectivity index (χ3n) is 2.96. The van der Waals surface area contributed by atoms with Gasteiger partial charge in [-0.05, 0) is 37.0 Å². The minimum atomic E-state index is -0.409. The van der Waals surface area contributed by atoms with Gasteiger partial charge in [0.25, 0.3) is 0 Å². The van der Waals surface area contributed by atoms with Crippen LogP contribution in [-0.4, -0.2) is 5.91 Å². The van der Waals surface area contributed by atoms with Crippen LogP contribution >= 0.6 is 11.8 Å². The molecule has 2 nitrogen and oxygen atoms in total. The van der Waals surface area contributed by atoms with Crippen molar-refractivity contribution in [3.63, 3.8) is 0 Å². The van der Waals surface area contributed by atoms with Gasteiger partial charge in [-0.15, -0.1) is 0 Å². The zero-order valence-corrected chi connectivity index (χ0v) is 12.4. The van der Waals surface area contributed by atoms with Gasteiger partial charge in [0.1, 0.15) is 0 Å². The SMILES string of the molecule is Cc1ccc(SC=C(C(N)=O)c2ccc(C)cc2)cc1. The minimum Gasteiger partial charge on any atom is -0.366 e. The smallest absolute Gasteiger partial charge is 0.249 e. The van der Waals surface area contributed by atoms with E-state index in [-0.39, 0.29) is 0 Å². The lowest BCUT2D eigenvalue weighted by molar-refractivity contribution is -0.112. The molecule has 0 aliphatic heterocycles. The van der Waals surface area contributed by atoms with Crippen molar-refractivity contribution < 1.29 is 4.79 Å². The Bertz CT molecular complexity index is 627. The average molecular weight is 283 g/mol. The molecule has 2 rings (SSSR count). The van der Waals surface area contributed by atoms with Gasteiger partial charge < -0.3 is 5.73 Å². The quantitative estimate of drug-likeness (QED) is 0.682. The maximum Gasteiger partial charge on any atom is 0.249 e. The summed E-state index contributed by atoms with van der Waals surface area (Å²) in [5, 5.41) is 1.82. The van der Waals surface area contributed by atoms with E-state index < -0.39 is 5.91 Å². The molecule has 0 bridgehead atoms. The van der Waals surface area contributed by atoms with E-state index in [1.807, 2.05) is 67.8 Å². The van der Waals surface area contributed by atoms with E-state index >= 15 is 0 Å². The van der Waals surface area contributed by atoms with Crippen LogP contribution < -0.4 is 5.73 Å². The summed E-state index contributed by atoms with van der Waals surface area (Å²) in [6, 6.07) is 15.9. The minimum absolute atomic E-state index is 0.409. The first-order chi connectivity index (χ1) is 9.56. The fourth-order valence-corrected chi connectivity index (χ4v) is 2.54. The normalized spacial score (nSPS) is 11.4. The summed E-state index contributed by atoms with van der Waals surface area (Å²) in [6.07, 6.45) is 0. The van der Waals surface area contributed by atoms with E-state index in [1.165, 1.54) is 17.3 Å². The molecule has 0 atom stereocenters. The standard InChI is InChI=1S/C17H17NOS/c1-12-3-7-14(8-4-12)16(17(18)19)11-20-15-9-5-13(2)6-10-15/h3-11H,1-2H3,(H2,18,19). The van der Waals surface area contributed by atoms with Crippen molar-refractivity contribution in [2.24, 2.45) is 5.73 Å². The molecular formula is C17H17NOS. The average Bonchev–Trinajstić information content (AvgIpc) is 2.43. The number of primary amides is 1. The predicted molar refractivity (Wildman–Crippen MR) is 85.4 cm³/mol. The van der Waals surface area contributed by atoms with Gasteiger partial charge in [0, 0.05) is 4.90 Å². The summed E-state index contributed by atoms with van der Waals surface area (Å²) in [6.45, 7) is 4.06. The maximum atomic E-state index is 11.6. The highest BCUT2D eigenvalue weighted by atomic mass is 32.2. The number of hydrogen-bond donors (Lipinski definition) is 1. The number of carbonyl (C=O) groups excluding carboxylic acids is 1. The second-order valence-electron chi connectivity index (χ2n) is 4.69. The lowest BCUT2D eigenvalue weighted by Crippen LogP contribution is -2.12. The highest BCUT2D eigenvalue weighted by molar-refractivity contribution is 8.02. The number of rotatable bonds is 4. The van der Waals surface area contributed by atoms with Gasteiger partial charge in [-0.1, -0.05) is 59.3 Å². The first-order valence-corrected chi connectivity index (χ1v) is 7.24. The topological polar surface area (TPSA) is 43.1 Å². The summed E-state index contributed by atoms with van der Waals surface area (Å²) in [7, 11) is 0. The molecule has 20 heavy (non-hydrogen) atoms. The van der Waals surface area contributed by atoms with Crippen LogP contribution in [0, 0.1) is 13.8 Å². The van der Waals surface area contributed by atoms with Crippen molar-refractivity contribution in [1.82, 2.24) is 0 Å². The van der Waals surface area contributed by atoms with Crippen molar-refractivity contribution in [2.45, 2.75) is 18.7 Å². The van der Waals surface area contributed by atoms with Crippen molar-refractivity contribution in [1.29, 1.82) is 0 Å². The number of nitrogens with two attached hydrogens (primary N) is 1. The lowest BCUT2D eigenvalue weighted by atomic mass is 10.1. The molecule has 2 N–H and O–H groups in total. The van der Waals surface area contributed by atoms with Crippen LogP contribution in [0.3, 0.4) is 0 Å². The second kappa shape index (κ2) is 6.44. The van der Waals surface area contributed by atoms with Crippen LogP contribution in [0.4, 0.5) is 0 Å². The van der Waals surface area contributed by atoms with Crippen LogP contribution in [0.15, 0.2) is 58.8 Å². The highest BCUT2D eigenvalue weighted by Crippen LogP contribution is 2.25. The number of carbonyl (C=O) groups is 1. The van der Waals surface area contributed by atoms with Gasteiger partial charge in [-0.3, -0.25) is 4.79 Å². The van der Waals surface area contributed by atoms with Gasteiger partial charge in [-0.25, -0.2) is 0 Å². The number of thioether (sulfide) groups is 1. The van der Waals surface area contributed by atoms with E-state index in [0.29, 0.717) is 5.57 Å². The summed E-state index contributed by atoms with van der Waals surface area (Å²) in [5.41, 5.74) is 9.23. The second-order valence-corrected chi connectivity index (χ2v) is 5.64. The van der Waals surface area contributed by atoms with Crippen molar-refractivity contribution in [3.8, 4) is 0 Å². The molecular weight excluding hydrogens is 266 g/mol. The molecule has 0 spiro atoms. The third-order valence-corrected chi connectivity index (χ3v) is 3.86. The van der Waals surface area contributed by atoms with E-state index in [1.54, 1.807) is 0 Å². The number of aryl methyl sites for hydroxylation is 2. The van der Waals surface area contributed by atoms with Gasteiger partial charge in [0.2, 0.25) is 5.91 Å². The molecule has 0 aromatic heterocycles. The molecule has 1 amide bonds. The maximum absolute atomic E-state index is 11.6. The monoisotopic (exact) mass is 283 g/mol. The summed E-state index contributed by atoms with van der Waals surface area (Å²) >= 11 is 1.50. The fraction of sp³-hybridized carbons (Fsp3) is 0.118. The Morgan fingerprint density at radius 1 is 0.950 bits per heavy atom. The summed E-state index contributed by atoms with van der Waals surface area (Å²) in [5.74, 6) is -0.409. The molecule has 102 valence electrons. The molecule has 2 aromatic carbocycles. The Kier molecular flexibility index (Phi) is 4.64. The van der Waals surface area contributed by atoms with Gasteiger partial charge >= 0.3 is 0 Å². The van der Waals surface area contributed by atoms with Crippen LogP contribution in [0.2, 0.25) is 0 Å².